The first-order valence-electron chi connectivity index (χ1n) is 3.74. The van der Waals surface area contributed by atoms with Crippen molar-refractivity contribution in [3.8, 4) is 0 Å². The minimum atomic E-state index is -0.583. The third-order valence-corrected chi connectivity index (χ3v) is 1.92. The Balaban J connectivity index is 2.90. The molecule has 0 aliphatic rings. The zero-order valence-corrected chi connectivity index (χ0v) is 7.13. The van der Waals surface area contributed by atoms with Gasteiger partial charge in [-0.05, 0) is 24.0 Å². The first-order chi connectivity index (χ1) is 6.61. The zero-order valence-electron chi connectivity index (χ0n) is 7.13. The van der Waals surface area contributed by atoms with Crippen molar-refractivity contribution in [3.05, 3.63) is 33.0 Å². The Morgan fingerprint density at radius 3 is 2.93 bits per heavy atom. The molecule has 7 heteroatoms. The molecule has 0 bridgehead atoms. The second kappa shape index (κ2) is 2.66. The lowest BCUT2D eigenvalue weighted by molar-refractivity contribution is -0.782. The quantitative estimate of drug-likeness (QED) is 0.378. The number of hydrogen-bond acceptors (Lipinski definition) is 5. The number of aromatic nitrogens is 2. The third kappa shape index (κ3) is 0.987. The number of aryl methyl sites for hydroxylation is 1. The molecule has 0 saturated carbocycles. The highest BCUT2D eigenvalue weighted by Gasteiger charge is 2.25. The van der Waals surface area contributed by atoms with Crippen LogP contribution in [-0.4, -0.2) is 10.1 Å². The summed E-state index contributed by atoms with van der Waals surface area (Å²) in [6.45, 7) is 1.57. The van der Waals surface area contributed by atoms with E-state index in [0.29, 0.717) is 5.56 Å². The second-order valence-corrected chi connectivity index (χ2v) is 2.79. The van der Waals surface area contributed by atoms with Gasteiger partial charge in [0.15, 0.2) is 0 Å². The summed E-state index contributed by atoms with van der Waals surface area (Å²) in [5.41, 5.74) is 0.282. The van der Waals surface area contributed by atoms with Gasteiger partial charge in [0, 0.05) is 5.56 Å². The number of nitro benzene ring substituents is 1. The monoisotopic (exact) mass is 195 g/mol. The van der Waals surface area contributed by atoms with Gasteiger partial charge in [-0.25, -0.2) is 0 Å². The molecule has 0 spiro atoms. The van der Waals surface area contributed by atoms with Crippen molar-refractivity contribution in [2.75, 3.05) is 0 Å². The van der Waals surface area contributed by atoms with Gasteiger partial charge in [-0.1, -0.05) is 0 Å². The number of hydrogen-bond donors (Lipinski definition) is 0. The fourth-order valence-corrected chi connectivity index (χ4v) is 1.26. The molecule has 1 heterocycles. The van der Waals surface area contributed by atoms with Crippen LogP contribution in [0.2, 0.25) is 0 Å². The molecule has 2 aromatic rings. The van der Waals surface area contributed by atoms with Gasteiger partial charge in [0.1, 0.15) is 0 Å². The molecule has 0 aliphatic carbocycles. The molecule has 14 heavy (non-hydrogen) atoms. The third-order valence-electron chi connectivity index (χ3n) is 1.92. The number of nitrogens with zero attached hydrogens (tertiary/aromatic N) is 3. The molecule has 0 fully saturated rings. The van der Waals surface area contributed by atoms with E-state index in [-0.39, 0.29) is 21.6 Å². The molecule has 1 aromatic carbocycles. The standard InChI is InChI=1S/C7H5N3O4/c1-4-2-3-5-6(7(4)9(11)12)8-14-10(5)13/h2-3H,1H3. The average Bonchev–Trinajstić information content (AvgIpc) is 2.47. The highest BCUT2D eigenvalue weighted by atomic mass is 16.8. The van der Waals surface area contributed by atoms with Crippen LogP contribution >= 0.6 is 0 Å². The lowest BCUT2D eigenvalue weighted by Gasteiger charge is -1.92. The minimum absolute atomic E-state index is 0.0231. The van der Waals surface area contributed by atoms with E-state index in [0.717, 1.165) is 0 Å². The van der Waals surface area contributed by atoms with Crippen LogP contribution in [0, 0.1) is 22.2 Å². The highest BCUT2D eigenvalue weighted by molar-refractivity contribution is 5.82. The molecule has 0 atom stereocenters. The summed E-state index contributed by atoms with van der Waals surface area (Å²) < 4.78 is 4.27. The zero-order chi connectivity index (χ0) is 10.3. The topological polar surface area (TPSA) is 96.1 Å². The molecule has 0 amide bonds. The van der Waals surface area contributed by atoms with E-state index in [1.54, 1.807) is 6.92 Å². The van der Waals surface area contributed by atoms with Gasteiger partial charge in [0.2, 0.25) is 5.52 Å². The average molecular weight is 195 g/mol. The predicted molar refractivity (Wildman–Crippen MR) is 44.4 cm³/mol. The largest absolute Gasteiger partial charge is 0.359 e. The Bertz CT molecular complexity index is 519. The van der Waals surface area contributed by atoms with Crippen LogP contribution in [0.25, 0.3) is 11.0 Å². The molecule has 1 aromatic heterocycles. The van der Waals surface area contributed by atoms with Gasteiger partial charge < -0.3 is 5.21 Å². The van der Waals surface area contributed by atoms with E-state index < -0.39 is 4.92 Å². The fraction of sp³-hybridized carbons (Fsp3) is 0.143. The molecule has 0 N–H and O–H groups in total. The molecule has 7 nitrogen and oxygen atoms in total. The lowest BCUT2D eigenvalue weighted by Crippen LogP contribution is -2.22. The number of benzene rings is 1. The van der Waals surface area contributed by atoms with Gasteiger partial charge in [-0.2, -0.15) is 0 Å². The summed E-state index contributed by atoms with van der Waals surface area (Å²) in [5.74, 6) is 0. The number of nitro groups is 1. The van der Waals surface area contributed by atoms with Crippen LogP contribution in [0.5, 0.6) is 0 Å². The molecular formula is C7H5N3O4. The van der Waals surface area contributed by atoms with Crippen LogP contribution in [0.4, 0.5) is 5.69 Å². The van der Waals surface area contributed by atoms with E-state index >= 15 is 0 Å². The Morgan fingerprint density at radius 2 is 2.29 bits per heavy atom. The summed E-state index contributed by atoms with van der Waals surface area (Å²) >= 11 is 0. The van der Waals surface area contributed by atoms with Gasteiger partial charge in [0.25, 0.3) is 0 Å². The lowest BCUT2D eigenvalue weighted by atomic mass is 10.2. The van der Waals surface area contributed by atoms with E-state index in [1.807, 2.05) is 0 Å². The van der Waals surface area contributed by atoms with Crippen molar-refractivity contribution >= 4 is 16.7 Å². The van der Waals surface area contributed by atoms with Crippen molar-refractivity contribution in [2.24, 2.45) is 0 Å². The number of fused-ring (bicyclic) bond motifs is 1. The maximum atomic E-state index is 10.9. The van der Waals surface area contributed by atoms with Gasteiger partial charge >= 0.3 is 11.2 Å². The van der Waals surface area contributed by atoms with Crippen LogP contribution in [0.1, 0.15) is 5.56 Å². The first-order valence-corrected chi connectivity index (χ1v) is 3.74. The van der Waals surface area contributed by atoms with Crippen molar-refractivity contribution in [3.63, 3.8) is 0 Å². The van der Waals surface area contributed by atoms with Crippen LogP contribution in [0.3, 0.4) is 0 Å². The summed E-state index contributed by atoms with van der Waals surface area (Å²) in [6.07, 6.45) is 0. The Morgan fingerprint density at radius 1 is 1.57 bits per heavy atom. The van der Waals surface area contributed by atoms with E-state index in [4.69, 9.17) is 0 Å². The van der Waals surface area contributed by atoms with Crippen LogP contribution in [0.15, 0.2) is 16.8 Å². The van der Waals surface area contributed by atoms with Crippen molar-refractivity contribution in [2.45, 2.75) is 6.92 Å². The van der Waals surface area contributed by atoms with E-state index in [9.17, 15) is 15.3 Å². The first kappa shape index (κ1) is 8.42. The summed E-state index contributed by atoms with van der Waals surface area (Å²) in [6, 6.07) is 2.91. The van der Waals surface area contributed by atoms with Crippen LogP contribution < -0.4 is 4.90 Å². The van der Waals surface area contributed by atoms with Crippen molar-refractivity contribution in [1.82, 2.24) is 5.16 Å². The van der Waals surface area contributed by atoms with Crippen LogP contribution in [-0.2, 0) is 0 Å². The molecular weight excluding hydrogens is 190 g/mol. The number of rotatable bonds is 1. The van der Waals surface area contributed by atoms with Crippen molar-refractivity contribution in [1.29, 1.82) is 0 Å². The summed E-state index contributed by atoms with van der Waals surface area (Å²) in [4.78, 5) is 10.2. The SMILES string of the molecule is Cc1ccc2c(no[n+]2[O-])c1[N+](=O)[O-]. The van der Waals surface area contributed by atoms with E-state index in [1.165, 1.54) is 12.1 Å². The Labute approximate surface area is 77.2 Å². The maximum Gasteiger partial charge on any atom is 0.329 e. The Kier molecular flexibility index (Phi) is 1.60. The Hall–Kier alpha value is -2.18. The normalized spacial score (nSPS) is 10.6. The summed E-state index contributed by atoms with van der Waals surface area (Å²) in [5, 5.41) is 24.9. The second-order valence-electron chi connectivity index (χ2n) is 2.79. The van der Waals surface area contributed by atoms with Gasteiger partial charge in [-0.15, -0.1) is 0 Å². The van der Waals surface area contributed by atoms with Gasteiger partial charge in [-0.3, -0.25) is 14.7 Å². The predicted octanol–water partition coefficient (Wildman–Crippen LogP) is 0.678. The van der Waals surface area contributed by atoms with Gasteiger partial charge in [0.05, 0.1) is 10.1 Å². The van der Waals surface area contributed by atoms with E-state index in [2.05, 4.69) is 9.79 Å². The minimum Gasteiger partial charge on any atom is -0.359 e. The summed E-state index contributed by atoms with van der Waals surface area (Å²) in [7, 11) is 0. The fourth-order valence-electron chi connectivity index (χ4n) is 1.26. The molecule has 0 unspecified atom stereocenters. The molecule has 2 rings (SSSR count). The molecule has 0 saturated heterocycles. The van der Waals surface area contributed by atoms with Crippen molar-refractivity contribution < 1.29 is 14.5 Å². The maximum absolute atomic E-state index is 10.9. The molecule has 0 aliphatic heterocycles. The molecule has 0 radical (unpaired) electrons. The smallest absolute Gasteiger partial charge is 0.329 e. The highest BCUT2D eigenvalue weighted by Crippen LogP contribution is 2.25. The molecule has 72 valence electrons.